The van der Waals surface area contributed by atoms with Crippen LogP contribution in [0.1, 0.15) is 29.8 Å². The highest BCUT2D eigenvalue weighted by molar-refractivity contribution is 7.98. The fourth-order valence-corrected chi connectivity index (χ4v) is 3.72. The summed E-state index contributed by atoms with van der Waals surface area (Å²) in [5, 5.41) is 3.96. The molecule has 0 aliphatic carbocycles. The van der Waals surface area contributed by atoms with Crippen LogP contribution in [0.3, 0.4) is 0 Å². The third kappa shape index (κ3) is 5.82. The fraction of sp³-hybridized carbons (Fsp3) is 0.421. The summed E-state index contributed by atoms with van der Waals surface area (Å²) in [4.78, 5) is 23.3. The summed E-state index contributed by atoms with van der Waals surface area (Å²) in [7, 11) is 0. The third-order valence-corrected chi connectivity index (χ3v) is 5.08. The lowest BCUT2D eigenvalue weighted by molar-refractivity contribution is 0.0943. The van der Waals surface area contributed by atoms with Crippen LogP contribution in [-0.2, 0) is 10.5 Å². The maximum Gasteiger partial charge on any atom is 0.251 e. The van der Waals surface area contributed by atoms with Crippen molar-refractivity contribution >= 4 is 35.1 Å². The van der Waals surface area contributed by atoms with E-state index in [1.807, 2.05) is 38.1 Å². The van der Waals surface area contributed by atoms with Crippen molar-refractivity contribution in [3.05, 3.63) is 46.6 Å². The van der Waals surface area contributed by atoms with Crippen LogP contribution in [0.15, 0.2) is 35.5 Å². The van der Waals surface area contributed by atoms with Gasteiger partial charge in [-0.3, -0.25) is 4.79 Å². The maximum absolute atomic E-state index is 12.2. The number of rotatable bonds is 6. The summed E-state index contributed by atoms with van der Waals surface area (Å²) in [6.07, 6.45) is 0. The second-order valence-electron chi connectivity index (χ2n) is 6.55. The van der Waals surface area contributed by atoms with Crippen molar-refractivity contribution < 1.29 is 9.53 Å². The van der Waals surface area contributed by atoms with Crippen LogP contribution >= 0.6 is 23.4 Å². The van der Waals surface area contributed by atoms with E-state index >= 15 is 0 Å². The lowest BCUT2D eigenvalue weighted by atomic mass is 10.1. The summed E-state index contributed by atoms with van der Waals surface area (Å²) in [5.41, 5.74) is 1.69. The topological polar surface area (TPSA) is 67.4 Å². The average Bonchev–Trinajstić information content (AvgIpc) is 2.66. The molecule has 2 aromatic rings. The van der Waals surface area contributed by atoms with Crippen LogP contribution in [0.25, 0.3) is 0 Å². The second-order valence-corrected chi connectivity index (χ2v) is 7.88. The molecule has 8 heteroatoms. The van der Waals surface area contributed by atoms with Crippen molar-refractivity contribution in [2.45, 2.75) is 30.8 Å². The van der Waals surface area contributed by atoms with E-state index in [-0.39, 0.29) is 11.9 Å². The molecule has 144 valence electrons. The zero-order valence-corrected chi connectivity index (χ0v) is 17.0. The number of thioether (sulfide) groups is 1. The number of ether oxygens (including phenoxy) is 1. The van der Waals surface area contributed by atoms with E-state index in [9.17, 15) is 4.79 Å². The van der Waals surface area contributed by atoms with Crippen molar-refractivity contribution in [1.29, 1.82) is 0 Å². The first kappa shape index (κ1) is 19.9. The van der Waals surface area contributed by atoms with Gasteiger partial charge in [0.05, 0.1) is 13.2 Å². The molecule has 1 aromatic heterocycles. The van der Waals surface area contributed by atoms with E-state index < -0.39 is 0 Å². The van der Waals surface area contributed by atoms with E-state index in [1.165, 1.54) is 11.8 Å². The first-order chi connectivity index (χ1) is 13.0. The molecule has 2 heterocycles. The first-order valence-electron chi connectivity index (χ1n) is 8.91. The first-order valence-corrected chi connectivity index (χ1v) is 10.3. The van der Waals surface area contributed by atoms with E-state index in [2.05, 4.69) is 20.2 Å². The Morgan fingerprint density at radius 2 is 2.07 bits per heavy atom. The summed E-state index contributed by atoms with van der Waals surface area (Å²) in [6, 6.07) is 9.49. The summed E-state index contributed by atoms with van der Waals surface area (Å²) >= 11 is 7.69. The molecule has 1 aromatic carbocycles. The van der Waals surface area contributed by atoms with Crippen LogP contribution in [0, 0.1) is 0 Å². The zero-order valence-electron chi connectivity index (χ0n) is 15.4. The Hall–Kier alpha value is -1.83. The van der Waals surface area contributed by atoms with Crippen molar-refractivity contribution in [3.8, 4) is 0 Å². The number of anilines is 1. The Bertz CT molecular complexity index is 797. The van der Waals surface area contributed by atoms with Gasteiger partial charge in [-0.05, 0) is 31.5 Å². The predicted molar refractivity (Wildman–Crippen MR) is 109 cm³/mol. The minimum atomic E-state index is -0.0644. The van der Waals surface area contributed by atoms with Gasteiger partial charge in [0.15, 0.2) is 5.16 Å². The number of amides is 1. The summed E-state index contributed by atoms with van der Waals surface area (Å²) in [6.45, 7) is 6.86. The molecule has 0 spiro atoms. The predicted octanol–water partition coefficient (Wildman–Crippen LogP) is 3.40. The molecule has 1 amide bonds. The molecule has 1 saturated heterocycles. The molecular weight excluding hydrogens is 384 g/mol. The number of hydrogen-bond acceptors (Lipinski definition) is 6. The quantitative estimate of drug-likeness (QED) is 0.450. The lowest BCUT2D eigenvalue weighted by Gasteiger charge is -2.27. The Morgan fingerprint density at radius 3 is 2.81 bits per heavy atom. The van der Waals surface area contributed by atoms with Gasteiger partial charge in [-0.25, -0.2) is 9.97 Å². The van der Waals surface area contributed by atoms with Gasteiger partial charge in [-0.1, -0.05) is 35.5 Å². The monoisotopic (exact) mass is 406 g/mol. The number of hydrogen-bond donors (Lipinski definition) is 1. The van der Waals surface area contributed by atoms with E-state index in [4.69, 9.17) is 16.3 Å². The van der Waals surface area contributed by atoms with Gasteiger partial charge in [0, 0.05) is 36.5 Å². The van der Waals surface area contributed by atoms with Crippen LogP contribution in [0.4, 0.5) is 5.82 Å². The van der Waals surface area contributed by atoms with E-state index in [0.717, 1.165) is 24.5 Å². The van der Waals surface area contributed by atoms with Crippen molar-refractivity contribution in [3.63, 3.8) is 0 Å². The van der Waals surface area contributed by atoms with Crippen LogP contribution in [0.5, 0.6) is 0 Å². The molecule has 1 N–H and O–H groups in total. The van der Waals surface area contributed by atoms with Crippen molar-refractivity contribution in [2.75, 3.05) is 31.2 Å². The Morgan fingerprint density at radius 1 is 1.30 bits per heavy atom. The van der Waals surface area contributed by atoms with Gasteiger partial charge >= 0.3 is 0 Å². The largest absolute Gasteiger partial charge is 0.378 e. The Balaban J connectivity index is 1.68. The third-order valence-electron chi connectivity index (χ3n) is 3.97. The van der Waals surface area contributed by atoms with Gasteiger partial charge in [0.1, 0.15) is 11.0 Å². The fourth-order valence-electron chi connectivity index (χ4n) is 2.70. The van der Waals surface area contributed by atoms with Gasteiger partial charge in [-0.15, -0.1) is 0 Å². The number of carbonyl (C=O) groups excluding carboxylic acids is 1. The Kier molecular flexibility index (Phi) is 6.93. The molecule has 0 atom stereocenters. The van der Waals surface area contributed by atoms with E-state index in [0.29, 0.717) is 34.8 Å². The lowest BCUT2D eigenvalue weighted by Crippen LogP contribution is -2.36. The minimum absolute atomic E-state index is 0.0644. The molecule has 0 radical (unpaired) electrons. The molecular formula is C19H23ClN4O2S. The van der Waals surface area contributed by atoms with Crippen LogP contribution < -0.4 is 10.2 Å². The van der Waals surface area contributed by atoms with Crippen LogP contribution in [0.2, 0.25) is 5.15 Å². The van der Waals surface area contributed by atoms with Gasteiger partial charge < -0.3 is 15.0 Å². The number of nitrogens with one attached hydrogen (secondary N) is 1. The summed E-state index contributed by atoms with van der Waals surface area (Å²) in [5.74, 6) is 1.42. The number of nitrogens with zero attached hydrogens (tertiary/aromatic N) is 3. The number of aromatic nitrogens is 2. The molecule has 6 nitrogen and oxygen atoms in total. The molecule has 1 fully saturated rings. The molecule has 0 bridgehead atoms. The molecule has 3 rings (SSSR count). The molecule has 0 saturated carbocycles. The smallest absolute Gasteiger partial charge is 0.251 e. The van der Waals surface area contributed by atoms with E-state index in [1.54, 1.807) is 6.07 Å². The van der Waals surface area contributed by atoms with Gasteiger partial charge in [-0.2, -0.15) is 0 Å². The molecule has 1 aliphatic heterocycles. The standard InChI is InChI=1S/C19H23ClN4O2S/c1-13(2)21-18(25)15-5-3-4-14(10-15)12-27-19-22-16(20)11-17(23-19)24-6-8-26-9-7-24/h3-5,10-11,13H,6-9,12H2,1-2H3,(H,21,25). The maximum atomic E-state index is 12.2. The average molecular weight is 407 g/mol. The molecule has 27 heavy (non-hydrogen) atoms. The van der Waals surface area contributed by atoms with Crippen molar-refractivity contribution in [1.82, 2.24) is 15.3 Å². The molecule has 0 unspecified atom stereocenters. The van der Waals surface area contributed by atoms with Crippen molar-refractivity contribution in [2.24, 2.45) is 0 Å². The zero-order chi connectivity index (χ0) is 19.2. The number of benzene rings is 1. The SMILES string of the molecule is CC(C)NC(=O)c1cccc(CSc2nc(Cl)cc(N3CCOCC3)n2)c1. The minimum Gasteiger partial charge on any atom is -0.378 e. The van der Waals surface area contributed by atoms with Crippen LogP contribution in [-0.4, -0.2) is 48.2 Å². The second kappa shape index (κ2) is 9.39. The molecule has 1 aliphatic rings. The number of morpholine rings is 1. The highest BCUT2D eigenvalue weighted by atomic mass is 35.5. The normalized spacial score (nSPS) is 14.4. The summed E-state index contributed by atoms with van der Waals surface area (Å²) < 4.78 is 5.39. The van der Waals surface area contributed by atoms with Gasteiger partial charge in [0.2, 0.25) is 0 Å². The number of halogens is 1. The highest BCUT2D eigenvalue weighted by Crippen LogP contribution is 2.25. The number of carbonyl (C=O) groups is 1. The highest BCUT2D eigenvalue weighted by Gasteiger charge is 2.15. The Labute approximate surface area is 168 Å². The van der Waals surface area contributed by atoms with Gasteiger partial charge in [0.25, 0.3) is 5.91 Å².